The first-order valence-electron chi connectivity index (χ1n) is 6.65. The van der Waals surface area contributed by atoms with Crippen molar-refractivity contribution < 1.29 is 9.18 Å². The van der Waals surface area contributed by atoms with Gasteiger partial charge in [0.05, 0.1) is 10.0 Å². The summed E-state index contributed by atoms with van der Waals surface area (Å²) in [6, 6.07) is 4.55. The third-order valence-corrected chi connectivity index (χ3v) is 4.43. The number of hydrogen-bond acceptors (Lipinski definition) is 2. The fourth-order valence-corrected chi connectivity index (χ4v) is 3.03. The van der Waals surface area contributed by atoms with Crippen LogP contribution >= 0.6 is 27.5 Å². The van der Waals surface area contributed by atoms with Crippen LogP contribution in [0, 0.1) is 5.82 Å². The Balaban J connectivity index is 2.07. The number of carbonyl (C=O) groups is 1. The van der Waals surface area contributed by atoms with Crippen LogP contribution in [0.15, 0.2) is 22.7 Å². The van der Waals surface area contributed by atoms with Crippen molar-refractivity contribution in [3.63, 3.8) is 0 Å². The fourth-order valence-electron chi connectivity index (χ4n) is 2.36. The van der Waals surface area contributed by atoms with Gasteiger partial charge in [0.2, 0.25) is 0 Å². The molecule has 110 valence electrons. The van der Waals surface area contributed by atoms with Crippen LogP contribution in [-0.4, -0.2) is 54.3 Å². The maximum absolute atomic E-state index is 13.5. The first kappa shape index (κ1) is 15.7. The number of carbonyl (C=O) groups excluding carboxylic acids is 1. The molecule has 0 bridgehead atoms. The topological polar surface area (TPSA) is 23.6 Å². The maximum atomic E-state index is 13.5. The highest BCUT2D eigenvalue weighted by molar-refractivity contribution is 9.10. The Labute approximate surface area is 131 Å². The second kappa shape index (κ2) is 7.38. The van der Waals surface area contributed by atoms with Crippen molar-refractivity contribution in [2.45, 2.75) is 6.42 Å². The van der Waals surface area contributed by atoms with E-state index in [-0.39, 0.29) is 10.4 Å². The summed E-state index contributed by atoms with van der Waals surface area (Å²) in [5.74, 6) is 0.0715. The molecule has 0 aromatic heterocycles. The minimum absolute atomic E-state index is 0.121. The standard InChI is InChI=1S/C14H17BrClFN2O/c15-13-11(3-1-4-12(13)17)14(20)19-7-2-6-18(8-5-16)9-10-19/h1,3-4H,2,5-10H2. The van der Waals surface area contributed by atoms with Crippen molar-refractivity contribution in [2.24, 2.45) is 0 Å². The predicted octanol–water partition coefficient (Wildman–Crippen LogP) is 2.97. The lowest BCUT2D eigenvalue weighted by Crippen LogP contribution is -2.35. The zero-order valence-corrected chi connectivity index (χ0v) is 13.5. The predicted molar refractivity (Wildman–Crippen MR) is 81.8 cm³/mol. The first-order valence-corrected chi connectivity index (χ1v) is 7.98. The van der Waals surface area contributed by atoms with Crippen LogP contribution in [0.5, 0.6) is 0 Å². The van der Waals surface area contributed by atoms with Gasteiger partial charge in [-0.2, -0.15) is 0 Å². The summed E-state index contributed by atoms with van der Waals surface area (Å²) < 4.78 is 13.8. The highest BCUT2D eigenvalue weighted by atomic mass is 79.9. The van der Waals surface area contributed by atoms with Crippen molar-refractivity contribution in [3.05, 3.63) is 34.1 Å². The average Bonchev–Trinajstić information content (AvgIpc) is 2.67. The molecule has 0 unspecified atom stereocenters. The summed E-state index contributed by atoms with van der Waals surface area (Å²) >= 11 is 8.90. The molecular weight excluding hydrogens is 347 g/mol. The molecule has 6 heteroatoms. The van der Waals surface area contributed by atoms with E-state index >= 15 is 0 Å². The number of amides is 1. The van der Waals surface area contributed by atoms with Gasteiger partial charge in [0, 0.05) is 32.1 Å². The van der Waals surface area contributed by atoms with Crippen LogP contribution in [0.25, 0.3) is 0 Å². The van der Waals surface area contributed by atoms with Crippen molar-refractivity contribution in [1.82, 2.24) is 9.80 Å². The minimum Gasteiger partial charge on any atom is -0.337 e. The summed E-state index contributed by atoms with van der Waals surface area (Å²) in [6.07, 6.45) is 0.912. The molecule has 1 aliphatic rings. The normalized spacial score (nSPS) is 17.1. The van der Waals surface area contributed by atoms with E-state index in [0.717, 1.165) is 26.1 Å². The average molecular weight is 364 g/mol. The van der Waals surface area contributed by atoms with E-state index in [2.05, 4.69) is 20.8 Å². The van der Waals surface area contributed by atoms with Gasteiger partial charge in [-0.15, -0.1) is 11.6 Å². The van der Waals surface area contributed by atoms with E-state index in [4.69, 9.17) is 11.6 Å². The zero-order valence-electron chi connectivity index (χ0n) is 11.1. The van der Waals surface area contributed by atoms with Crippen molar-refractivity contribution in [1.29, 1.82) is 0 Å². The number of alkyl halides is 1. The zero-order chi connectivity index (χ0) is 14.5. The molecule has 2 rings (SSSR count). The van der Waals surface area contributed by atoms with Gasteiger partial charge in [-0.3, -0.25) is 4.79 Å². The number of halogens is 3. The molecule has 0 atom stereocenters. The Bertz CT molecular complexity index is 486. The maximum Gasteiger partial charge on any atom is 0.255 e. The van der Waals surface area contributed by atoms with Crippen LogP contribution in [0.1, 0.15) is 16.8 Å². The lowest BCUT2D eigenvalue weighted by Gasteiger charge is -2.22. The molecule has 1 aliphatic heterocycles. The third-order valence-electron chi connectivity index (χ3n) is 3.46. The van der Waals surface area contributed by atoms with E-state index in [9.17, 15) is 9.18 Å². The van der Waals surface area contributed by atoms with Crippen LogP contribution in [0.3, 0.4) is 0 Å². The summed E-state index contributed by atoms with van der Waals surface area (Å²) in [4.78, 5) is 16.5. The molecule has 0 spiro atoms. The van der Waals surface area contributed by atoms with Crippen molar-refractivity contribution in [3.8, 4) is 0 Å². The van der Waals surface area contributed by atoms with E-state index < -0.39 is 5.82 Å². The SMILES string of the molecule is O=C(c1cccc(F)c1Br)N1CCCN(CCCl)CC1. The molecule has 1 heterocycles. The summed E-state index contributed by atoms with van der Waals surface area (Å²) in [5.41, 5.74) is 0.385. The molecule has 0 radical (unpaired) electrons. The molecule has 3 nitrogen and oxygen atoms in total. The molecule has 0 saturated carbocycles. The number of rotatable bonds is 3. The smallest absolute Gasteiger partial charge is 0.255 e. The van der Waals surface area contributed by atoms with Crippen molar-refractivity contribution in [2.75, 3.05) is 38.6 Å². The second-order valence-corrected chi connectivity index (χ2v) is 5.95. The summed E-state index contributed by atoms with van der Waals surface area (Å²) in [5, 5.41) is 0. The lowest BCUT2D eigenvalue weighted by atomic mass is 10.2. The van der Waals surface area contributed by atoms with E-state index in [1.807, 2.05) is 0 Å². The van der Waals surface area contributed by atoms with Gasteiger partial charge in [-0.1, -0.05) is 6.07 Å². The number of hydrogen-bond donors (Lipinski definition) is 0. The fraction of sp³-hybridized carbons (Fsp3) is 0.500. The molecule has 1 fully saturated rings. The molecule has 0 N–H and O–H groups in total. The van der Waals surface area contributed by atoms with E-state index in [0.29, 0.717) is 24.5 Å². The van der Waals surface area contributed by atoms with Gasteiger partial charge in [-0.25, -0.2) is 4.39 Å². The molecule has 20 heavy (non-hydrogen) atoms. The van der Waals surface area contributed by atoms with Gasteiger partial charge >= 0.3 is 0 Å². The van der Waals surface area contributed by atoms with Gasteiger partial charge in [0.1, 0.15) is 5.82 Å². The van der Waals surface area contributed by atoms with Crippen LogP contribution in [0.4, 0.5) is 4.39 Å². The van der Waals surface area contributed by atoms with Gasteiger partial charge in [-0.05, 0) is 41.0 Å². The molecule has 1 aromatic rings. The Kier molecular flexibility index (Phi) is 5.81. The highest BCUT2D eigenvalue weighted by Gasteiger charge is 2.22. The molecule has 1 aromatic carbocycles. The van der Waals surface area contributed by atoms with Crippen LogP contribution < -0.4 is 0 Å². The first-order chi connectivity index (χ1) is 9.63. The Morgan fingerprint density at radius 1 is 1.30 bits per heavy atom. The van der Waals surface area contributed by atoms with Crippen molar-refractivity contribution >= 4 is 33.4 Å². The second-order valence-electron chi connectivity index (χ2n) is 4.78. The Morgan fingerprint density at radius 2 is 2.10 bits per heavy atom. The Morgan fingerprint density at radius 3 is 2.85 bits per heavy atom. The van der Waals surface area contributed by atoms with Gasteiger partial charge in [0.25, 0.3) is 5.91 Å². The molecule has 0 aliphatic carbocycles. The van der Waals surface area contributed by atoms with E-state index in [1.54, 1.807) is 17.0 Å². The molecule has 1 saturated heterocycles. The number of nitrogens with zero attached hydrogens (tertiary/aromatic N) is 2. The van der Waals surface area contributed by atoms with Gasteiger partial charge in [0.15, 0.2) is 0 Å². The molecular formula is C14H17BrClFN2O. The van der Waals surface area contributed by atoms with Gasteiger partial charge < -0.3 is 9.80 Å². The summed E-state index contributed by atoms with van der Waals surface area (Å²) in [6.45, 7) is 3.94. The molecule has 1 amide bonds. The monoisotopic (exact) mass is 362 g/mol. The quantitative estimate of drug-likeness (QED) is 0.771. The van der Waals surface area contributed by atoms with Crippen LogP contribution in [0.2, 0.25) is 0 Å². The van der Waals surface area contributed by atoms with E-state index in [1.165, 1.54) is 6.07 Å². The van der Waals surface area contributed by atoms with Crippen LogP contribution in [-0.2, 0) is 0 Å². The largest absolute Gasteiger partial charge is 0.337 e. The Hall–Kier alpha value is -0.650. The minimum atomic E-state index is -0.408. The number of benzene rings is 1. The third kappa shape index (κ3) is 3.71. The summed E-state index contributed by atoms with van der Waals surface area (Å²) in [7, 11) is 0. The highest BCUT2D eigenvalue weighted by Crippen LogP contribution is 2.22. The lowest BCUT2D eigenvalue weighted by molar-refractivity contribution is 0.0760.